The Hall–Kier alpha value is -1.59. The molecule has 0 heterocycles. The monoisotopic (exact) mass is 421 g/mol. The Kier molecular flexibility index (Phi) is 5.41. The zero-order chi connectivity index (χ0) is 19.9. The molecule has 4 aliphatic rings. The Labute approximate surface area is 175 Å². The van der Waals surface area contributed by atoms with Crippen molar-refractivity contribution in [2.45, 2.75) is 57.4 Å². The van der Waals surface area contributed by atoms with Crippen LogP contribution in [-0.4, -0.2) is 23.1 Å². The molecule has 5 rings (SSSR count). The molecule has 4 aliphatic carbocycles. The molecule has 7 heteroatoms. The molecule has 2 N–H and O–H groups in total. The van der Waals surface area contributed by atoms with E-state index in [0.29, 0.717) is 16.3 Å². The highest BCUT2D eigenvalue weighted by Crippen LogP contribution is 2.55. The predicted molar refractivity (Wildman–Crippen MR) is 111 cm³/mol. The van der Waals surface area contributed by atoms with Crippen LogP contribution in [0.2, 0.25) is 10.0 Å². The maximum absolute atomic E-state index is 12.6. The van der Waals surface area contributed by atoms with Crippen LogP contribution in [0.4, 0.5) is 0 Å². The quantitative estimate of drug-likeness (QED) is 0.539. The fraction of sp³-hybridized carbons (Fsp3) is 0.571. The molecule has 1 aromatic carbocycles. The summed E-state index contributed by atoms with van der Waals surface area (Å²) < 4.78 is 0. The van der Waals surface area contributed by atoms with Gasteiger partial charge in [-0.1, -0.05) is 23.2 Å². The second-order valence-electron chi connectivity index (χ2n) is 8.84. The van der Waals surface area contributed by atoms with Gasteiger partial charge in [0.25, 0.3) is 5.91 Å². The first-order valence-electron chi connectivity index (χ1n) is 9.91. The van der Waals surface area contributed by atoms with Crippen molar-refractivity contribution >= 4 is 40.7 Å². The smallest absolute Gasteiger partial charge is 0.272 e. The number of amides is 2. The molecular weight excluding hydrogens is 397 g/mol. The molecule has 5 nitrogen and oxygen atoms in total. The molecule has 28 heavy (non-hydrogen) atoms. The SMILES string of the molecule is C/C(CC(=O)NC12CC3CC(CC(C3)C1)C2)=N\NC(=O)c1ccc(Cl)cc1Cl. The van der Waals surface area contributed by atoms with Crippen molar-refractivity contribution in [2.24, 2.45) is 22.9 Å². The molecule has 4 bridgehead atoms. The van der Waals surface area contributed by atoms with Gasteiger partial charge in [-0.05, 0) is 81.4 Å². The Morgan fingerprint density at radius 3 is 2.29 bits per heavy atom. The lowest BCUT2D eigenvalue weighted by atomic mass is 9.53. The number of hydrogen-bond acceptors (Lipinski definition) is 3. The lowest BCUT2D eigenvalue weighted by molar-refractivity contribution is -0.125. The van der Waals surface area contributed by atoms with Crippen molar-refractivity contribution in [3.05, 3.63) is 33.8 Å². The molecule has 2 amide bonds. The second-order valence-corrected chi connectivity index (χ2v) is 9.68. The Bertz CT molecular complexity index is 802. The Balaban J connectivity index is 1.32. The van der Waals surface area contributed by atoms with Crippen molar-refractivity contribution < 1.29 is 9.59 Å². The van der Waals surface area contributed by atoms with E-state index in [1.165, 1.54) is 25.3 Å². The first-order chi connectivity index (χ1) is 13.3. The average molecular weight is 422 g/mol. The number of halogens is 2. The fourth-order valence-electron chi connectivity index (χ4n) is 5.76. The minimum absolute atomic E-state index is 0.00774. The van der Waals surface area contributed by atoms with Gasteiger partial charge in [0.2, 0.25) is 5.91 Å². The maximum Gasteiger partial charge on any atom is 0.272 e. The molecule has 4 fully saturated rings. The Morgan fingerprint density at radius 1 is 1.11 bits per heavy atom. The van der Waals surface area contributed by atoms with Gasteiger partial charge in [0.15, 0.2) is 0 Å². The molecule has 0 aromatic heterocycles. The van der Waals surface area contributed by atoms with Gasteiger partial charge in [-0.3, -0.25) is 9.59 Å². The second kappa shape index (κ2) is 7.68. The van der Waals surface area contributed by atoms with Crippen LogP contribution in [0.3, 0.4) is 0 Å². The summed E-state index contributed by atoms with van der Waals surface area (Å²) in [7, 11) is 0. The summed E-state index contributed by atoms with van der Waals surface area (Å²) >= 11 is 11.9. The predicted octanol–water partition coefficient (Wildman–Crippen LogP) is 4.57. The highest BCUT2D eigenvalue weighted by atomic mass is 35.5. The topological polar surface area (TPSA) is 70.6 Å². The van der Waals surface area contributed by atoms with E-state index in [1.54, 1.807) is 19.1 Å². The molecule has 0 atom stereocenters. The maximum atomic E-state index is 12.6. The summed E-state index contributed by atoms with van der Waals surface area (Å²) in [5.41, 5.74) is 3.31. The molecule has 0 saturated heterocycles. The summed E-state index contributed by atoms with van der Waals surface area (Å²) in [5.74, 6) is 1.91. The van der Waals surface area contributed by atoms with Crippen LogP contribution in [0.25, 0.3) is 0 Å². The minimum Gasteiger partial charge on any atom is -0.350 e. The number of hydrogen-bond donors (Lipinski definition) is 2. The largest absolute Gasteiger partial charge is 0.350 e. The van der Waals surface area contributed by atoms with E-state index in [9.17, 15) is 9.59 Å². The number of nitrogens with zero attached hydrogens (tertiary/aromatic N) is 1. The van der Waals surface area contributed by atoms with Gasteiger partial charge in [0.1, 0.15) is 0 Å². The molecule has 0 radical (unpaired) electrons. The van der Waals surface area contributed by atoms with E-state index in [1.807, 2.05) is 0 Å². The van der Waals surface area contributed by atoms with Crippen molar-refractivity contribution in [3.8, 4) is 0 Å². The molecule has 150 valence electrons. The van der Waals surface area contributed by atoms with Crippen molar-refractivity contribution in [1.82, 2.24) is 10.7 Å². The number of rotatable bonds is 5. The number of carbonyl (C=O) groups is 2. The van der Waals surface area contributed by atoms with Crippen LogP contribution < -0.4 is 10.7 Å². The van der Waals surface area contributed by atoms with Gasteiger partial charge in [-0.2, -0.15) is 5.10 Å². The fourth-order valence-corrected chi connectivity index (χ4v) is 6.25. The van der Waals surface area contributed by atoms with E-state index in [4.69, 9.17) is 23.2 Å². The molecule has 0 aliphatic heterocycles. The number of hydrazone groups is 1. The van der Waals surface area contributed by atoms with Crippen LogP contribution in [0.5, 0.6) is 0 Å². The molecule has 0 spiro atoms. The van der Waals surface area contributed by atoms with Crippen molar-refractivity contribution in [2.75, 3.05) is 0 Å². The van der Waals surface area contributed by atoms with Gasteiger partial charge < -0.3 is 5.32 Å². The highest BCUT2D eigenvalue weighted by molar-refractivity contribution is 6.36. The van der Waals surface area contributed by atoms with Crippen LogP contribution in [0, 0.1) is 17.8 Å². The van der Waals surface area contributed by atoms with Gasteiger partial charge in [0.05, 0.1) is 17.0 Å². The van der Waals surface area contributed by atoms with Crippen LogP contribution >= 0.6 is 23.2 Å². The summed E-state index contributed by atoms with van der Waals surface area (Å²) in [5, 5.41) is 8.11. The van der Waals surface area contributed by atoms with E-state index >= 15 is 0 Å². The zero-order valence-electron chi connectivity index (χ0n) is 15.9. The standard InChI is InChI=1S/C21H25Cl2N3O2/c1-12(25-26-20(28)17-3-2-16(22)8-18(17)23)4-19(27)24-21-9-13-5-14(10-21)7-15(6-13)11-21/h2-3,8,13-15H,4-7,9-11H2,1H3,(H,24,27)(H,26,28)/b25-12+. The minimum atomic E-state index is -0.428. The number of carbonyl (C=O) groups excluding carboxylic acids is 2. The summed E-state index contributed by atoms with van der Waals surface area (Å²) in [6.07, 6.45) is 7.56. The van der Waals surface area contributed by atoms with Gasteiger partial charge in [-0.15, -0.1) is 0 Å². The van der Waals surface area contributed by atoms with E-state index in [0.717, 1.165) is 37.0 Å². The summed E-state index contributed by atoms with van der Waals surface area (Å²) in [6.45, 7) is 1.74. The Morgan fingerprint density at radius 2 is 1.71 bits per heavy atom. The third kappa shape index (κ3) is 4.20. The molecular formula is C21H25Cl2N3O2. The first-order valence-corrected chi connectivity index (χ1v) is 10.7. The normalized spacial score (nSPS) is 31.0. The lowest BCUT2D eigenvalue weighted by Crippen LogP contribution is -2.60. The van der Waals surface area contributed by atoms with E-state index < -0.39 is 5.91 Å². The van der Waals surface area contributed by atoms with Crippen molar-refractivity contribution in [3.63, 3.8) is 0 Å². The third-order valence-electron chi connectivity index (χ3n) is 6.38. The van der Waals surface area contributed by atoms with Gasteiger partial charge >= 0.3 is 0 Å². The molecule has 1 aromatic rings. The van der Waals surface area contributed by atoms with Crippen molar-refractivity contribution in [1.29, 1.82) is 0 Å². The van der Waals surface area contributed by atoms with E-state index in [-0.39, 0.29) is 22.9 Å². The number of benzene rings is 1. The third-order valence-corrected chi connectivity index (χ3v) is 6.93. The van der Waals surface area contributed by atoms with Crippen LogP contribution in [0.1, 0.15) is 62.2 Å². The van der Waals surface area contributed by atoms with E-state index in [2.05, 4.69) is 15.8 Å². The lowest BCUT2D eigenvalue weighted by Gasteiger charge is -2.56. The first kappa shape index (κ1) is 19.7. The highest BCUT2D eigenvalue weighted by Gasteiger charge is 2.51. The summed E-state index contributed by atoms with van der Waals surface area (Å²) in [6, 6.07) is 4.65. The van der Waals surface area contributed by atoms with Gasteiger partial charge in [0, 0.05) is 16.3 Å². The molecule has 4 saturated carbocycles. The molecule has 0 unspecified atom stereocenters. The number of nitrogens with one attached hydrogen (secondary N) is 2. The van der Waals surface area contributed by atoms with Crippen LogP contribution in [-0.2, 0) is 4.79 Å². The zero-order valence-corrected chi connectivity index (χ0v) is 17.4. The summed E-state index contributed by atoms with van der Waals surface area (Å²) in [4.78, 5) is 24.8. The average Bonchev–Trinajstić information content (AvgIpc) is 2.57. The van der Waals surface area contributed by atoms with Gasteiger partial charge in [-0.25, -0.2) is 5.43 Å². The van der Waals surface area contributed by atoms with Crippen LogP contribution in [0.15, 0.2) is 23.3 Å².